The van der Waals surface area contributed by atoms with Gasteiger partial charge in [-0.15, -0.1) is 0 Å². The largest absolute Gasteiger partial charge is 0.397 e. The van der Waals surface area contributed by atoms with E-state index < -0.39 is 10.4 Å². The second-order valence-electron chi connectivity index (χ2n) is 3.04. The van der Waals surface area contributed by atoms with Crippen LogP contribution in [0, 0.1) is 5.92 Å². The summed E-state index contributed by atoms with van der Waals surface area (Å²) < 4.78 is 37.3. The first kappa shape index (κ1) is 12.8. The summed E-state index contributed by atoms with van der Waals surface area (Å²) in [6, 6.07) is 0. The highest BCUT2D eigenvalue weighted by Gasteiger charge is 2.02. The molecule has 1 N–H and O–H groups in total. The van der Waals surface area contributed by atoms with Crippen LogP contribution >= 0.6 is 0 Å². The smallest absolute Gasteiger partial charge is 0.379 e. The maximum absolute atomic E-state index is 10.0. The molecule has 0 heterocycles. The fourth-order valence-electron chi connectivity index (χ4n) is 0.619. The molecule has 0 aliphatic carbocycles. The third-order valence-corrected chi connectivity index (χ3v) is 1.76. The molecule has 0 spiro atoms. The van der Waals surface area contributed by atoms with Crippen molar-refractivity contribution in [1.29, 1.82) is 0 Å². The average Bonchev–Trinajstić information content (AvgIpc) is 1.93. The molecule has 0 aromatic rings. The van der Waals surface area contributed by atoms with E-state index in [9.17, 15) is 8.42 Å². The van der Waals surface area contributed by atoms with Crippen molar-refractivity contribution >= 4 is 10.4 Å². The molecule has 0 aromatic carbocycles. The molecule has 0 radical (unpaired) electrons. The number of ether oxygens (including phenoxy) is 1. The van der Waals surface area contributed by atoms with Crippen LogP contribution in [0.1, 0.15) is 20.3 Å². The minimum atomic E-state index is -4.31. The molecule has 80 valence electrons. The lowest BCUT2D eigenvalue weighted by Crippen LogP contribution is -2.11. The Balaban J connectivity index is 3.18. The normalized spacial score (nSPS) is 12.3. The van der Waals surface area contributed by atoms with Gasteiger partial charge < -0.3 is 4.74 Å². The first-order valence-electron chi connectivity index (χ1n) is 4.11. The van der Waals surface area contributed by atoms with Crippen molar-refractivity contribution in [2.24, 2.45) is 5.92 Å². The molecular formula is C7H16O5S. The van der Waals surface area contributed by atoms with Crippen LogP contribution in [-0.4, -0.2) is 32.8 Å². The van der Waals surface area contributed by atoms with Gasteiger partial charge in [0.25, 0.3) is 0 Å². The lowest BCUT2D eigenvalue weighted by molar-refractivity contribution is 0.0902. The van der Waals surface area contributed by atoms with Gasteiger partial charge in [-0.3, -0.25) is 4.55 Å². The van der Waals surface area contributed by atoms with Crippen molar-refractivity contribution in [2.45, 2.75) is 20.3 Å². The molecule has 6 heteroatoms. The zero-order chi connectivity index (χ0) is 10.3. The van der Waals surface area contributed by atoms with Gasteiger partial charge >= 0.3 is 10.4 Å². The Morgan fingerprint density at radius 2 is 1.85 bits per heavy atom. The van der Waals surface area contributed by atoms with Crippen molar-refractivity contribution < 1.29 is 21.9 Å². The molecule has 0 aliphatic heterocycles. The Labute approximate surface area is 79.0 Å². The summed E-state index contributed by atoms with van der Waals surface area (Å²) in [4.78, 5) is 0. The van der Waals surface area contributed by atoms with Crippen molar-refractivity contribution in [2.75, 3.05) is 19.8 Å². The first-order valence-corrected chi connectivity index (χ1v) is 5.48. The first-order chi connectivity index (χ1) is 5.92. The summed E-state index contributed by atoms with van der Waals surface area (Å²) in [5.41, 5.74) is 0. The molecule has 0 saturated heterocycles. The maximum atomic E-state index is 10.0. The maximum Gasteiger partial charge on any atom is 0.397 e. The van der Waals surface area contributed by atoms with Crippen molar-refractivity contribution in [1.82, 2.24) is 0 Å². The highest BCUT2D eigenvalue weighted by atomic mass is 32.3. The summed E-state index contributed by atoms with van der Waals surface area (Å²) in [5.74, 6) is 0.558. The van der Waals surface area contributed by atoms with Gasteiger partial charge in [0.2, 0.25) is 0 Å². The van der Waals surface area contributed by atoms with Crippen molar-refractivity contribution in [3.05, 3.63) is 0 Å². The van der Waals surface area contributed by atoms with E-state index in [0.29, 0.717) is 12.5 Å². The van der Waals surface area contributed by atoms with Gasteiger partial charge in [-0.1, -0.05) is 13.8 Å². The van der Waals surface area contributed by atoms with Crippen LogP contribution in [0.15, 0.2) is 0 Å². The Hall–Kier alpha value is -0.170. The van der Waals surface area contributed by atoms with E-state index >= 15 is 0 Å². The molecule has 0 bridgehead atoms. The monoisotopic (exact) mass is 212 g/mol. The van der Waals surface area contributed by atoms with Crippen LogP contribution in [0.25, 0.3) is 0 Å². The minimum absolute atomic E-state index is 0.142. The fourth-order valence-corrected chi connectivity index (χ4v) is 0.898. The molecule has 0 unspecified atom stereocenters. The van der Waals surface area contributed by atoms with Gasteiger partial charge in [-0.05, 0) is 12.3 Å². The molecule has 13 heavy (non-hydrogen) atoms. The van der Waals surface area contributed by atoms with E-state index in [1.54, 1.807) is 0 Å². The fraction of sp³-hybridized carbons (Fsp3) is 1.00. The van der Waals surface area contributed by atoms with Gasteiger partial charge in [0, 0.05) is 6.61 Å². The minimum Gasteiger partial charge on any atom is -0.379 e. The van der Waals surface area contributed by atoms with Gasteiger partial charge in [0.1, 0.15) is 0 Å². The molecular weight excluding hydrogens is 196 g/mol. The summed E-state index contributed by atoms with van der Waals surface area (Å²) in [7, 11) is -4.31. The Bertz CT molecular complexity index is 209. The second-order valence-corrected chi connectivity index (χ2v) is 4.14. The van der Waals surface area contributed by atoms with E-state index in [-0.39, 0.29) is 13.2 Å². The third-order valence-electron chi connectivity index (χ3n) is 1.30. The molecule has 0 atom stereocenters. The lowest BCUT2D eigenvalue weighted by atomic mass is 10.1. The Morgan fingerprint density at radius 3 is 2.31 bits per heavy atom. The highest BCUT2D eigenvalue weighted by Crippen LogP contribution is 1.98. The molecule has 5 nitrogen and oxygen atoms in total. The Morgan fingerprint density at radius 1 is 1.23 bits per heavy atom. The van der Waals surface area contributed by atoms with Crippen LogP contribution in [0.4, 0.5) is 0 Å². The summed E-state index contributed by atoms with van der Waals surface area (Å²) in [6.45, 7) is 4.74. The van der Waals surface area contributed by atoms with Gasteiger partial charge in [0.15, 0.2) is 0 Å². The summed E-state index contributed by atoms with van der Waals surface area (Å²) in [6.07, 6.45) is 0.922. The predicted molar refractivity (Wildman–Crippen MR) is 47.8 cm³/mol. The zero-order valence-corrected chi connectivity index (χ0v) is 8.71. The van der Waals surface area contributed by atoms with Crippen molar-refractivity contribution in [3.63, 3.8) is 0 Å². The van der Waals surface area contributed by atoms with Crippen LogP contribution in [0.2, 0.25) is 0 Å². The van der Waals surface area contributed by atoms with E-state index in [1.165, 1.54) is 0 Å². The average molecular weight is 212 g/mol. The van der Waals surface area contributed by atoms with E-state index in [2.05, 4.69) is 18.0 Å². The van der Waals surface area contributed by atoms with E-state index in [0.717, 1.165) is 6.42 Å². The molecule has 0 aliphatic rings. The molecule has 0 rings (SSSR count). The predicted octanol–water partition coefficient (Wildman–Crippen LogP) is 0.869. The molecule has 0 amide bonds. The number of hydrogen-bond acceptors (Lipinski definition) is 4. The summed E-state index contributed by atoms with van der Waals surface area (Å²) in [5, 5.41) is 0. The quantitative estimate of drug-likeness (QED) is 0.500. The molecule has 0 aromatic heterocycles. The van der Waals surface area contributed by atoms with E-state index in [1.807, 2.05) is 0 Å². The van der Waals surface area contributed by atoms with Gasteiger partial charge in [0.05, 0.1) is 13.2 Å². The van der Waals surface area contributed by atoms with Crippen LogP contribution < -0.4 is 0 Å². The number of rotatable bonds is 7. The Kier molecular flexibility index (Phi) is 6.23. The van der Waals surface area contributed by atoms with Gasteiger partial charge in [-0.25, -0.2) is 4.18 Å². The van der Waals surface area contributed by atoms with Crippen LogP contribution in [0.5, 0.6) is 0 Å². The van der Waals surface area contributed by atoms with Crippen LogP contribution in [-0.2, 0) is 19.3 Å². The van der Waals surface area contributed by atoms with Crippen LogP contribution in [0.3, 0.4) is 0 Å². The number of hydrogen-bond donors (Lipinski definition) is 1. The standard InChI is InChI=1S/C7H16O5S/c1-7(2)3-4-11-5-6-12-13(8,9)10/h7H,3-6H2,1-2H3,(H,8,9,10). The highest BCUT2D eigenvalue weighted by molar-refractivity contribution is 7.80. The third kappa shape index (κ3) is 11.8. The zero-order valence-electron chi connectivity index (χ0n) is 7.89. The topological polar surface area (TPSA) is 72.8 Å². The SMILES string of the molecule is CC(C)CCOCCOS(=O)(=O)O. The van der Waals surface area contributed by atoms with Gasteiger partial charge in [-0.2, -0.15) is 8.42 Å². The summed E-state index contributed by atoms with van der Waals surface area (Å²) >= 11 is 0. The second kappa shape index (κ2) is 6.31. The lowest BCUT2D eigenvalue weighted by Gasteiger charge is -2.05. The van der Waals surface area contributed by atoms with Crippen molar-refractivity contribution in [3.8, 4) is 0 Å². The molecule has 0 saturated carbocycles. The molecule has 0 fully saturated rings. The van der Waals surface area contributed by atoms with E-state index in [4.69, 9.17) is 9.29 Å².